The molecule has 0 atom stereocenters. The molecule has 6 heteroatoms. The minimum Gasteiger partial charge on any atom is -0.227 e. The van der Waals surface area contributed by atoms with Gasteiger partial charge in [-0.1, -0.05) is 6.07 Å². The van der Waals surface area contributed by atoms with Crippen molar-refractivity contribution in [2.75, 3.05) is 0 Å². The van der Waals surface area contributed by atoms with Gasteiger partial charge in [-0.3, -0.25) is 0 Å². The fourth-order valence-electron chi connectivity index (χ4n) is 1.43. The Morgan fingerprint density at radius 3 is 2.50 bits per heavy atom. The second-order valence-electron chi connectivity index (χ2n) is 3.31. The summed E-state index contributed by atoms with van der Waals surface area (Å²) in [4.78, 5) is 7.93. The van der Waals surface area contributed by atoms with Crippen LogP contribution in [0.2, 0.25) is 0 Å². The maximum Gasteiger partial charge on any atom is 0.416 e. The number of halogens is 4. The number of fused-ring (bicyclic) bond motifs is 1. The molecule has 0 aliphatic heterocycles. The molecule has 0 N–H and O–H groups in total. The molecule has 84 valence electrons. The van der Waals surface area contributed by atoms with Gasteiger partial charge in [0.1, 0.15) is 0 Å². The molecule has 0 fully saturated rings. The van der Waals surface area contributed by atoms with Crippen molar-refractivity contribution in [3.8, 4) is 0 Å². The van der Waals surface area contributed by atoms with Crippen LogP contribution in [0, 0.1) is 6.92 Å². The minimum absolute atomic E-state index is 0.286. The smallest absolute Gasteiger partial charge is 0.227 e. The molecule has 2 aromatic rings. The number of alkyl halides is 3. The van der Waals surface area contributed by atoms with Gasteiger partial charge in [-0.15, -0.1) is 0 Å². The summed E-state index contributed by atoms with van der Waals surface area (Å²) in [6.45, 7) is 1.72. The third-order valence-corrected chi connectivity index (χ3v) is 2.54. The van der Waals surface area contributed by atoms with E-state index in [-0.39, 0.29) is 10.3 Å². The summed E-state index contributed by atoms with van der Waals surface area (Å²) in [6.07, 6.45) is -4.35. The van der Waals surface area contributed by atoms with Crippen molar-refractivity contribution in [2.45, 2.75) is 13.1 Å². The molecule has 0 amide bonds. The van der Waals surface area contributed by atoms with Gasteiger partial charge in [0.25, 0.3) is 0 Å². The molecule has 0 radical (unpaired) electrons. The maximum absolute atomic E-state index is 12.5. The molecule has 2 rings (SSSR count). The molecule has 16 heavy (non-hydrogen) atoms. The van der Waals surface area contributed by atoms with Crippen LogP contribution in [0.3, 0.4) is 0 Å². The molecule has 0 aliphatic rings. The zero-order valence-electron chi connectivity index (χ0n) is 8.14. The van der Waals surface area contributed by atoms with E-state index in [4.69, 9.17) is 0 Å². The summed E-state index contributed by atoms with van der Waals surface area (Å²) in [5, 5.41) is 0.621. The van der Waals surface area contributed by atoms with Crippen LogP contribution < -0.4 is 0 Å². The summed E-state index contributed by atoms with van der Waals surface area (Å²) in [5.41, 5.74) is 0.227. The number of benzene rings is 1. The van der Waals surface area contributed by atoms with Crippen molar-refractivity contribution in [2.24, 2.45) is 0 Å². The molecular formula is C10H6BrF3N2. The number of aromatic nitrogens is 2. The van der Waals surface area contributed by atoms with E-state index in [1.54, 1.807) is 6.92 Å². The number of nitrogens with zero attached hydrogens (tertiary/aromatic N) is 2. The van der Waals surface area contributed by atoms with Gasteiger partial charge in [0.05, 0.1) is 11.1 Å². The van der Waals surface area contributed by atoms with Gasteiger partial charge in [-0.25, -0.2) is 9.97 Å². The minimum atomic E-state index is -4.35. The predicted molar refractivity (Wildman–Crippen MR) is 57.0 cm³/mol. The lowest BCUT2D eigenvalue weighted by molar-refractivity contribution is -0.137. The van der Waals surface area contributed by atoms with Crippen LogP contribution in [0.15, 0.2) is 22.9 Å². The lowest BCUT2D eigenvalue weighted by atomic mass is 10.1. The van der Waals surface area contributed by atoms with Crippen LogP contribution in [-0.2, 0) is 6.18 Å². The maximum atomic E-state index is 12.5. The number of hydrogen-bond donors (Lipinski definition) is 0. The van der Waals surface area contributed by atoms with Gasteiger partial charge in [0.15, 0.2) is 4.73 Å². The first-order valence-corrected chi connectivity index (χ1v) is 5.18. The highest BCUT2D eigenvalue weighted by Gasteiger charge is 2.30. The SMILES string of the molecule is Cc1nc(Br)nc2cc(C(F)(F)F)ccc12. The van der Waals surface area contributed by atoms with Crippen LogP contribution in [0.25, 0.3) is 10.9 Å². The van der Waals surface area contributed by atoms with Crippen molar-refractivity contribution in [3.05, 3.63) is 34.2 Å². The van der Waals surface area contributed by atoms with Crippen molar-refractivity contribution in [1.82, 2.24) is 9.97 Å². The summed E-state index contributed by atoms with van der Waals surface area (Å²) in [7, 11) is 0. The Balaban J connectivity index is 2.71. The lowest BCUT2D eigenvalue weighted by Crippen LogP contribution is -2.05. The van der Waals surface area contributed by atoms with Crippen LogP contribution in [0.1, 0.15) is 11.3 Å². The summed E-state index contributed by atoms with van der Waals surface area (Å²) >= 11 is 3.05. The molecule has 0 aliphatic carbocycles. The third kappa shape index (κ3) is 2.02. The Kier molecular flexibility index (Phi) is 2.61. The van der Waals surface area contributed by atoms with Crippen LogP contribution in [0.5, 0.6) is 0 Å². The normalized spacial score (nSPS) is 12.1. The average Bonchev–Trinajstić information content (AvgIpc) is 2.15. The number of aryl methyl sites for hydroxylation is 1. The molecule has 1 aromatic heterocycles. The molecule has 0 unspecified atom stereocenters. The van der Waals surface area contributed by atoms with Gasteiger partial charge in [-0.2, -0.15) is 13.2 Å². The van der Waals surface area contributed by atoms with Crippen LogP contribution in [0.4, 0.5) is 13.2 Å². The molecule has 0 spiro atoms. The van der Waals surface area contributed by atoms with Gasteiger partial charge < -0.3 is 0 Å². The van der Waals surface area contributed by atoms with E-state index in [0.29, 0.717) is 11.1 Å². The van der Waals surface area contributed by atoms with Gasteiger partial charge in [-0.05, 0) is 35.0 Å². The first-order valence-electron chi connectivity index (χ1n) is 4.39. The first kappa shape index (κ1) is 11.3. The highest BCUT2D eigenvalue weighted by atomic mass is 79.9. The number of hydrogen-bond acceptors (Lipinski definition) is 2. The van der Waals surface area contributed by atoms with E-state index in [1.165, 1.54) is 6.07 Å². The Morgan fingerprint density at radius 1 is 1.19 bits per heavy atom. The third-order valence-electron chi connectivity index (χ3n) is 2.19. The number of rotatable bonds is 0. The highest BCUT2D eigenvalue weighted by Crippen LogP contribution is 2.31. The molecule has 2 nitrogen and oxygen atoms in total. The summed E-state index contributed by atoms with van der Waals surface area (Å²) < 4.78 is 37.7. The van der Waals surface area contributed by atoms with Crippen molar-refractivity contribution >= 4 is 26.8 Å². The standard InChI is InChI=1S/C10H6BrF3N2/c1-5-7-3-2-6(10(12,13)14)4-8(7)16-9(11)15-5/h2-4H,1H3. The topological polar surface area (TPSA) is 25.8 Å². The Labute approximate surface area is 97.6 Å². The van der Waals surface area contributed by atoms with Gasteiger partial charge in [0, 0.05) is 11.1 Å². The quantitative estimate of drug-likeness (QED) is 0.691. The zero-order chi connectivity index (χ0) is 11.9. The van der Waals surface area contributed by atoms with Gasteiger partial charge >= 0.3 is 6.18 Å². The monoisotopic (exact) mass is 290 g/mol. The van der Waals surface area contributed by atoms with Gasteiger partial charge in [0.2, 0.25) is 0 Å². The van der Waals surface area contributed by atoms with Crippen LogP contribution >= 0.6 is 15.9 Å². The first-order chi connectivity index (χ1) is 7.38. The fraction of sp³-hybridized carbons (Fsp3) is 0.200. The highest BCUT2D eigenvalue weighted by molar-refractivity contribution is 9.10. The Morgan fingerprint density at radius 2 is 1.88 bits per heavy atom. The summed E-state index contributed by atoms with van der Waals surface area (Å²) in [6, 6.07) is 3.45. The van der Waals surface area contributed by atoms with E-state index in [1.807, 2.05) is 0 Å². The second kappa shape index (κ2) is 3.69. The predicted octanol–water partition coefficient (Wildman–Crippen LogP) is 3.72. The van der Waals surface area contributed by atoms with E-state index in [2.05, 4.69) is 25.9 Å². The average molecular weight is 291 g/mol. The van der Waals surface area contributed by atoms with Crippen molar-refractivity contribution in [3.63, 3.8) is 0 Å². The molecule has 1 aromatic carbocycles. The fourth-order valence-corrected chi connectivity index (χ4v) is 1.89. The second-order valence-corrected chi connectivity index (χ2v) is 4.02. The van der Waals surface area contributed by atoms with Crippen LogP contribution in [-0.4, -0.2) is 9.97 Å². The van der Waals surface area contributed by atoms with E-state index in [9.17, 15) is 13.2 Å². The molecule has 0 bridgehead atoms. The Bertz CT molecular complexity index is 551. The van der Waals surface area contributed by atoms with E-state index >= 15 is 0 Å². The molecule has 0 saturated carbocycles. The Hall–Kier alpha value is -1.17. The zero-order valence-corrected chi connectivity index (χ0v) is 9.72. The van der Waals surface area contributed by atoms with E-state index in [0.717, 1.165) is 12.1 Å². The molecule has 1 heterocycles. The van der Waals surface area contributed by atoms with E-state index < -0.39 is 11.7 Å². The van der Waals surface area contributed by atoms with Crippen molar-refractivity contribution in [1.29, 1.82) is 0 Å². The largest absolute Gasteiger partial charge is 0.416 e. The molecule has 0 saturated heterocycles. The molecular weight excluding hydrogens is 285 g/mol. The van der Waals surface area contributed by atoms with Crippen molar-refractivity contribution < 1.29 is 13.2 Å². The summed E-state index contributed by atoms with van der Waals surface area (Å²) in [5.74, 6) is 0. The lowest BCUT2D eigenvalue weighted by Gasteiger charge is -2.08.